The first kappa shape index (κ1) is 13.5. The monoisotopic (exact) mass is 282 g/mol. The summed E-state index contributed by atoms with van der Waals surface area (Å²) in [7, 11) is 0. The van der Waals surface area contributed by atoms with E-state index in [1.807, 2.05) is 0 Å². The van der Waals surface area contributed by atoms with E-state index in [-0.39, 0.29) is 32.7 Å². The molecule has 0 saturated heterocycles. The summed E-state index contributed by atoms with van der Waals surface area (Å²) in [6.45, 7) is 0. The van der Waals surface area contributed by atoms with E-state index in [0.29, 0.717) is 0 Å². The van der Waals surface area contributed by atoms with Gasteiger partial charge in [0.25, 0.3) is 5.97 Å². The van der Waals surface area contributed by atoms with Crippen LogP contribution in [-0.2, 0) is 32.7 Å². The Hall–Kier alpha value is -0.486. The van der Waals surface area contributed by atoms with Crippen molar-refractivity contribution in [3.63, 3.8) is 0 Å². The van der Waals surface area contributed by atoms with Crippen LogP contribution in [0.15, 0.2) is 0 Å². The van der Waals surface area contributed by atoms with Crippen LogP contribution < -0.4 is 0 Å². The molecule has 0 unspecified atom stereocenters. The first-order valence-electron chi connectivity index (χ1n) is 2.93. The fourth-order valence-electron chi connectivity index (χ4n) is 0.669. The quantitative estimate of drug-likeness (QED) is 0.369. The van der Waals surface area contributed by atoms with Gasteiger partial charge in [-0.1, -0.05) is 6.07 Å². The normalized spacial score (nSPS) is 9.43. The Morgan fingerprint density at radius 1 is 1.07 bits per heavy atom. The van der Waals surface area contributed by atoms with Crippen LogP contribution in [0, 0.1) is 29.3 Å². The van der Waals surface area contributed by atoms with Gasteiger partial charge in [-0.25, -0.2) is 8.78 Å². The number of benzene rings is 1. The van der Waals surface area contributed by atoms with Gasteiger partial charge in [0, 0.05) is 0 Å². The SMILES string of the molecule is O=C(O)c1[c-]c(F)c(F)c(F)c1F.[Y+3]. The Morgan fingerprint density at radius 3 is 2.00 bits per heavy atom. The summed E-state index contributed by atoms with van der Waals surface area (Å²) in [5.41, 5.74) is -1.36. The average Bonchev–Trinajstić information content (AvgIpc) is 2.07. The van der Waals surface area contributed by atoms with E-state index >= 15 is 0 Å². The number of halogens is 4. The molecule has 0 spiro atoms. The number of hydrogen-bond acceptors (Lipinski definition) is 1. The van der Waals surface area contributed by atoms with Crippen LogP contribution in [-0.4, -0.2) is 11.1 Å². The molecule has 0 amide bonds. The molecular weight excluding hydrogens is 281 g/mol. The molecule has 0 heterocycles. The van der Waals surface area contributed by atoms with Gasteiger partial charge in [-0.2, -0.15) is 0 Å². The topological polar surface area (TPSA) is 37.3 Å². The number of carbonyl (C=O) groups is 1. The molecule has 1 aromatic carbocycles. The van der Waals surface area contributed by atoms with Gasteiger partial charge in [-0.15, -0.1) is 0 Å². The molecule has 1 rings (SSSR count). The predicted octanol–water partition coefficient (Wildman–Crippen LogP) is 1.74. The Balaban J connectivity index is 0.00000169. The van der Waals surface area contributed by atoms with Crippen LogP contribution in [0.25, 0.3) is 0 Å². The molecule has 0 aliphatic rings. The number of carboxylic acids is 1. The standard InChI is InChI=1S/C7HF4O2.Y/c8-3-1-2(7(12)13)4(9)6(11)5(3)10;/h(H,12,13);/q-1;+3. The molecule has 0 aliphatic heterocycles. The van der Waals surface area contributed by atoms with Gasteiger partial charge in [0.1, 0.15) is 11.6 Å². The molecule has 0 saturated carbocycles. The van der Waals surface area contributed by atoms with Crippen molar-refractivity contribution in [1.82, 2.24) is 0 Å². The molecule has 0 radical (unpaired) electrons. The molecule has 0 atom stereocenters. The van der Waals surface area contributed by atoms with Crippen LogP contribution in [0.5, 0.6) is 0 Å². The molecule has 1 aromatic rings. The Morgan fingerprint density at radius 2 is 1.57 bits per heavy atom. The Kier molecular flexibility index (Phi) is 4.67. The van der Waals surface area contributed by atoms with E-state index in [9.17, 15) is 22.4 Å². The average molecular weight is 282 g/mol. The van der Waals surface area contributed by atoms with Gasteiger partial charge < -0.3 is 9.90 Å². The summed E-state index contributed by atoms with van der Waals surface area (Å²) in [5, 5.41) is 8.18. The van der Waals surface area contributed by atoms with Crippen LogP contribution >= 0.6 is 0 Å². The molecule has 1 N–H and O–H groups in total. The first-order valence-corrected chi connectivity index (χ1v) is 2.93. The van der Waals surface area contributed by atoms with Crippen LogP contribution in [0.3, 0.4) is 0 Å². The zero-order valence-corrected chi connectivity index (χ0v) is 9.28. The summed E-state index contributed by atoms with van der Waals surface area (Å²) in [5.74, 6) is -9.99. The van der Waals surface area contributed by atoms with Gasteiger partial charge in [0.2, 0.25) is 0 Å². The molecule has 14 heavy (non-hydrogen) atoms. The van der Waals surface area contributed by atoms with Crippen LogP contribution in [0.1, 0.15) is 10.4 Å². The third kappa shape index (κ3) is 2.30. The number of carboxylic acid groups (broad SMARTS) is 1. The van der Waals surface area contributed by atoms with Crippen molar-refractivity contribution in [2.75, 3.05) is 0 Å². The van der Waals surface area contributed by atoms with Gasteiger partial charge in [-0.3, -0.25) is 8.78 Å². The molecule has 70 valence electrons. The van der Waals surface area contributed by atoms with Crippen LogP contribution in [0.4, 0.5) is 17.6 Å². The summed E-state index contributed by atoms with van der Waals surface area (Å²) >= 11 is 0. The Labute approximate surface area is 101 Å². The van der Waals surface area contributed by atoms with E-state index in [1.54, 1.807) is 0 Å². The van der Waals surface area contributed by atoms with Crippen molar-refractivity contribution in [2.45, 2.75) is 0 Å². The van der Waals surface area contributed by atoms with Crippen molar-refractivity contribution in [3.05, 3.63) is 34.9 Å². The van der Waals surface area contributed by atoms with E-state index in [1.165, 1.54) is 6.07 Å². The second-order valence-electron chi connectivity index (χ2n) is 2.06. The summed E-state index contributed by atoms with van der Waals surface area (Å²) in [4.78, 5) is 10.1. The van der Waals surface area contributed by atoms with E-state index in [0.717, 1.165) is 0 Å². The zero-order valence-electron chi connectivity index (χ0n) is 6.44. The number of hydrogen-bond donors (Lipinski definition) is 1. The van der Waals surface area contributed by atoms with Crippen LogP contribution in [0.2, 0.25) is 0 Å². The van der Waals surface area contributed by atoms with Gasteiger partial charge in [0.05, 0.1) is 11.6 Å². The largest absolute Gasteiger partial charge is 3.00 e. The minimum atomic E-state index is -2.16. The molecule has 0 aromatic heterocycles. The maximum atomic E-state index is 12.5. The van der Waals surface area contributed by atoms with E-state index in [4.69, 9.17) is 5.11 Å². The molecule has 7 heteroatoms. The molecule has 2 nitrogen and oxygen atoms in total. The number of aromatic carboxylic acids is 1. The minimum Gasteiger partial charge on any atom is -0.521 e. The van der Waals surface area contributed by atoms with Crippen molar-refractivity contribution in [3.8, 4) is 0 Å². The van der Waals surface area contributed by atoms with E-state index < -0.39 is 34.8 Å². The maximum absolute atomic E-state index is 12.5. The summed E-state index contributed by atoms with van der Waals surface area (Å²) < 4.78 is 49.3. The van der Waals surface area contributed by atoms with Gasteiger partial charge in [0.15, 0.2) is 0 Å². The Bertz CT molecular complexity index is 380. The predicted molar refractivity (Wildman–Crippen MR) is 32.1 cm³/mol. The minimum absolute atomic E-state index is 0. The smallest absolute Gasteiger partial charge is 0.521 e. The third-order valence-corrected chi connectivity index (χ3v) is 1.25. The molecular formula is C7HF4O2Y+2. The second-order valence-corrected chi connectivity index (χ2v) is 2.06. The number of rotatable bonds is 1. The van der Waals surface area contributed by atoms with Crippen molar-refractivity contribution in [1.29, 1.82) is 0 Å². The van der Waals surface area contributed by atoms with Crippen molar-refractivity contribution in [2.24, 2.45) is 0 Å². The van der Waals surface area contributed by atoms with E-state index in [2.05, 4.69) is 0 Å². The second kappa shape index (κ2) is 4.84. The zero-order chi connectivity index (χ0) is 10.2. The van der Waals surface area contributed by atoms with Crippen molar-refractivity contribution >= 4 is 5.97 Å². The summed E-state index contributed by atoms with van der Waals surface area (Å²) in [6, 6.07) is 1.23. The molecule has 0 bridgehead atoms. The molecule has 0 aliphatic carbocycles. The van der Waals surface area contributed by atoms with Gasteiger partial charge in [-0.05, 0) is 5.56 Å². The van der Waals surface area contributed by atoms with Gasteiger partial charge >= 0.3 is 32.7 Å². The first-order chi connectivity index (χ1) is 5.95. The van der Waals surface area contributed by atoms with Crippen molar-refractivity contribution < 1.29 is 60.2 Å². The molecule has 0 fully saturated rings. The summed E-state index contributed by atoms with van der Waals surface area (Å²) in [6.07, 6.45) is 0. The fourth-order valence-corrected chi connectivity index (χ4v) is 0.669. The third-order valence-electron chi connectivity index (χ3n) is 1.25. The fraction of sp³-hybridized carbons (Fsp3) is 0. The maximum Gasteiger partial charge on any atom is 3.00 e.